The average molecular weight is 251 g/mol. The summed E-state index contributed by atoms with van der Waals surface area (Å²) in [6, 6.07) is 1.93. The third kappa shape index (κ3) is 6.27. The Morgan fingerprint density at radius 3 is 2.83 bits per heavy atom. The summed E-state index contributed by atoms with van der Waals surface area (Å²) in [5.41, 5.74) is 5.80. The van der Waals surface area contributed by atoms with E-state index in [9.17, 15) is 0 Å². The molecule has 102 valence electrons. The molecule has 5 heteroatoms. The van der Waals surface area contributed by atoms with Gasteiger partial charge in [0.05, 0.1) is 0 Å². The van der Waals surface area contributed by atoms with Crippen LogP contribution in [0.5, 0.6) is 0 Å². The Labute approximate surface area is 109 Å². The summed E-state index contributed by atoms with van der Waals surface area (Å²) in [4.78, 5) is 4.34. The van der Waals surface area contributed by atoms with Gasteiger partial charge >= 0.3 is 0 Å². The molecule has 0 aliphatic carbocycles. The molecule has 3 N–H and O–H groups in total. The predicted molar refractivity (Wildman–Crippen MR) is 75.3 cm³/mol. The Kier molecular flexibility index (Phi) is 6.25. The Hall–Kier alpha value is -1.52. The molecule has 0 spiro atoms. The topological polar surface area (TPSA) is 68.2 Å². The van der Waals surface area contributed by atoms with Gasteiger partial charge < -0.3 is 11.1 Å². The van der Waals surface area contributed by atoms with Crippen molar-refractivity contribution in [1.29, 1.82) is 0 Å². The molecule has 1 rings (SSSR count). The van der Waals surface area contributed by atoms with Crippen LogP contribution in [0.15, 0.2) is 23.5 Å². The number of guanidine groups is 1. The number of hydrogen-bond donors (Lipinski definition) is 2. The van der Waals surface area contributed by atoms with Crippen molar-refractivity contribution >= 4 is 5.96 Å². The normalized spacial score (nSPS) is 13.9. The molecule has 1 heterocycles. The molecular weight excluding hydrogens is 226 g/mol. The van der Waals surface area contributed by atoms with E-state index in [2.05, 4.69) is 36.2 Å². The van der Waals surface area contributed by atoms with Gasteiger partial charge in [-0.05, 0) is 24.3 Å². The maximum atomic E-state index is 5.80. The molecule has 1 unspecified atom stereocenters. The van der Waals surface area contributed by atoms with E-state index in [-0.39, 0.29) is 0 Å². The van der Waals surface area contributed by atoms with Crippen molar-refractivity contribution in [3.63, 3.8) is 0 Å². The van der Waals surface area contributed by atoms with Crippen LogP contribution in [0.2, 0.25) is 0 Å². The molecule has 18 heavy (non-hydrogen) atoms. The standard InChI is InChI=1S/C13H25N5/c1-11(2)5-7-15-13(14)16-9-12(3)10-18-8-4-6-17-18/h4,6,8,11-12H,5,7,9-10H2,1-3H3,(H3,14,15,16). The van der Waals surface area contributed by atoms with E-state index in [1.54, 1.807) is 6.20 Å². The van der Waals surface area contributed by atoms with Gasteiger partial charge in [0.2, 0.25) is 0 Å². The minimum atomic E-state index is 0.426. The van der Waals surface area contributed by atoms with E-state index < -0.39 is 0 Å². The molecule has 1 aromatic heterocycles. The van der Waals surface area contributed by atoms with Crippen molar-refractivity contribution in [3.8, 4) is 0 Å². The first-order valence-electron chi connectivity index (χ1n) is 6.59. The van der Waals surface area contributed by atoms with E-state index in [4.69, 9.17) is 5.73 Å². The number of rotatable bonds is 7. The fourth-order valence-electron chi connectivity index (χ4n) is 1.58. The quantitative estimate of drug-likeness (QED) is 0.569. The largest absolute Gasteiger partial charge is 0.370 e. The van der Waals surface area contributed by atoms with Crippen LogP contribution in [0.4, 0.5) is 0 Å². The smallest absolute Gasteiger partial charge is 0.188 e. The van der Waals surface area contributed by atoms with E-state index >= 15 is 0 Å². The summed E-state index contributed by atoms with van der Waals surface area (Å²) >= 11 is 0. The van der Waals surface area contributed by atoms with Crippen LogP contribution in [0.3, 0.4) is 0 Å². The van der Waals surface area contributed by atoms with Gasteiger partial charge in [-0.1, -0.05) is 20.8 Å². The van der Waals surface area contributed by atoms with Gasteiger partial charge in [-0.2, -0.15) is 5.10 Å². The molecule has 0 saturated carbocycles. The molecule has 0 amide bonds. The molecule has 5 nitrogen and oxygen atoms in total. The van der Waals surface area contributed by atoms with Gasteiger partial charge in [-0.15, -0.1) is 0 Å². The highest BCUT2D eigenvalue weighted by molar-refractivity contribution is 5.77. The molecule has 0 radical (unpaired) electrons. The molecule has 1 aromatic rings. The van der Waals surface area contributed by atoms with Crippen LogP contribution >= 0.6 is 0 Å². The SMILES string of the molecule is CC(C)CCNC(N)=NCC(C)Cn1cccn1. The summed E-state index contributed by atoms with van der Waals surface area (Å²) in [5.74, 6) is 1.65. The number of hydrogen-bond acceptors (Lipinski definition) is 2. The molecule has 0 aromatic carbocycles. The Balaban J connectivity index is 2.21. The third-order valence-electron chi connectivity index (χ3n) is 2.66. The number of aromatic nitrogens is 2. The monoisotopic (exact) mass is 251 g/mol. The van der Waals surface area contributed by atoms with Crippen molar-refractivity contribution in [2.45, 2.75) is 33.7 Å². The van der Waals surface area contributed by atoms with Crippen molar-refractivity contribution in [2.75, 3.05) is 13.1 Å². The van der Waals surface area contributed by atoms with Crippen LogP contribution in [0, 0.1) is 11.8 Å². The average Bonchev–Trinajstić information content (AvgIpc) is 2.78. The molecule has 0 aliphatic heterocycles. The van der Waals surface area contributed by atoms with Crippen LogP contribution in [-0.2, 0) is 6.54 Å². The maximum Gasteiger partial charge on any atom is 0.188 e. The van der Waals surface area contributed by atoms with Gasteiger partial charge in [0.25, 0.3) is 0 Å². The molecule has 1 atom stereocenters. The first kappa shape index (κ1) is 14.5. The second-order valence-electron chi connectivity index (χ2n) is 5.17. The molecule has 0 aliphatic rings. The van der Waals surface area contributed by atoms with Crippen LogP contribution < -0.4 is 11.1 Å². The summed E-state index contributed by atoms with van der Waals surface area (Å²) in [6.45, 7) is 9.02. The third-order valence-corrected chi connectivity index (χ3v) is 2.66. The van der Waals surface area contributed by atoms with Crippen molar-refractivity contribution in [2.24, 2.45) is 22.6 Å². The Morgan fingerprint density at radius 1 is 1.44 bits per heavy atom. The molecule has 0 bridgehead atoms. The van der Waals surface area contributed by atoms with E-state index in [1.807, 2.05) is 16.9 Å². The van der Waals surface area contributed by atoms with Crippen LogP contribution in [0.25, 0.3) is 0 Å². The zero-order valence-electron chi connectivity index (χ0n) is 11.6. The van der Waals surface area contributed by atoms with Gasteiger partial charge in [0.1, 0.15) is 0 Å². The molecule has 0 fully saturated rings. The minimum absolute atomic E-state index is 0.426. The number of nitrogens with zero attached hydrogens (tertiary/aromatic N) is 3. The second kappa shape index (κ2) is 7.74. The highest BCUT2D eigenvalue weighted by Gasteiger charge is 2.03. The second-order valence-corrected chi connectivity index (χ2v) is 5.17. The fraction of sp³-hybridized carbons (Fsp3) is 0.692. The van der Waals surface area contributed by atoms with E-state index in [0.717, 1.165) is 26.1 Å². The maximum absolute atomic E-state index is 5.80. The van der Waals surface area contributed by atoms with Crippen molar-refractivity contribution in [3.05, 3.63) is 18.5 Å². The Morgan fingerprint density at radius 2 is 2.22 bits per heavy atom. The zero-order chi connectivity index (χ0) is 13.4. The van der Waals surface area contributed by atoms with Crippen molar-refractivity contribution in [1.82, 2.24) is 15.1 Å². The summed E-state index contributed by atoms with van der Waals surface area (Å²) in [5, 5.41) is 7.31. The van der Waals surface area contributed by atoms with Gasteiger partial charge in [-0.3, -0.25) is 9.67 Å². The first-order chi connectivity index (χ1) is 8.58. The number of nitrogens with one attached hydrogen (secondary N) is 1. The van der Waals surface area contributed by atoms with E-state index in [0.29, 0.717) is 17.8 Å². The van der Waals surface area contributed by atoms with Crippen LogP contribution in [-0.4, -0.2) is 28.8 Å². The fourth-order valence-corrected chi connectivity index (χ4v) is 1.58. The van der Waals surface area contributed by atoms with Gasteiger partial charge in [0, 0.05) is 32.0 Å². The van der Waals surface area contributed by atoms with Crippen LogP contribution in [0.1, 0.15) is 27.2 Å². The van der Waals surface area contributed by atoms with E-state index in [1.165, 1.54) is 0 Å². The Bertz CT molecular complexity index is 342. The highest BCUT2D eigenvalue weighted by atomic mass is 15.3. The molecular formula is C13H25N5. The van der Waals surface area contributed by atoms with Gasteiger partial charge in [0.15, 0.2) is 5.96 Å². The zero-order valence-corrected chi connectivity index (χ0v) is 11.6. The summed E-state index contributed by atoms with van der Waals surface area (Å²) in [7, 11) is 0. The summed E-state index contributed by atoms with van der Waals surface area (Å²) < 4.78 is 1.92. The summed E-state index contributed by atoms with van der Waals surface area (Å²) in [6.07, 6.45) is 4.86. The lowest BCUT2D eigenvalue weighted by Crippen LogP contribution is -2.33. The van der Waals surface area contributed by atoms with Crippen molar-refractivity contribution < 1.29 is 0 Å². The number of aliphatic imine (C=N–C) groups is 1. The lowest BCUT2D eigenvalue weighted by atomic mass is 10.1. The predicted octanol–water partition coefficient (Wildman–Crippen LogP) is 1.47. The molecule has 0 saturated heterocycles. The minimum Gasteiger partial charge on any atom is -0.370 e. The lowest BCUT2D eigenvalue weighted by molar-refractivity contribution is 0.458. The first-order valence-corrected chi connectivity index (χ1v) is 6.59. The highest BCUT2D eigenvalue weighted by Crippen LogP contribution is 2.00. The van der Waals surface area contributed by atoms with Gasteiger partial charge in [-0.25, -0.2) is 0 Å². The lowest BCUT2D eigenvalue weighted by Gasteiger charge is -2.10. The number of nitrogens with two attached hydrogens (primary N) is 1.